The molecule has 22 heavy (non-hydrogen) atoms. The summed E-state index contributed by atoms with van der Waals surface area (Å²) in [5, 5.41) is 24.4. The molecule has 0 aromatic carbocycles. The molecule has 0 saturated carbocycles. The van der Waals surface area contributed by atoms with E-state index >= 15 is 0 Å². The van der Waals surface area contributed by atoms with Gasteiger partial charge in [-0.15, -0.1) is 30.6 Å². The van der Waals surface area contributed by atoms with Crippen molar-refractivity contribution in [2.24, 2.45) is 0 Å². The third-order valence-electron chi connectivity index (χ3n) is 2.33. The van der Waals surface area contributed by atoms with E-state index in [0.717, 1.165) is 8.68 Å². The molecular weight excluding hydrogens is 364 g/mol. The van der Waals surface area contributed by atoms with Crippen LogP contribution in [0.4, 0.5) is 10.3 Å². The Morgan fingerprint density at radius 1 is 0.773 bits per heavy atom. The summed E-state index contributed by atoms with van der Waals surface area (Å²) in [6.45, 7) is 0. The minimum atomic E-state index is 0.435. The molecular formula is C8H10N10S4. The second-order valence-electron chi connectivity index (χ2n) is 3.79. The predicted octanol–water partition coefficient (Wildman–Crippen LogP) is 0.444. The van der Waals surface area contributed by atoms with Crippen molar-refractivity contribution in [3.05, 3.63) is 11.6 Å². The summed E-state index contributed by atoms with van der Waals surface area (Å²) in [6, 6.07) is 0. The van der Waals surface area contributed by atoms with Crippen molar-refractivity contribution >= 4 is 56.5 Å². The first-order chi connectivity index (χ1) is 10.6. The fraction of sp³-hybridized carbons (Fsp3) is 0.250. The van der Waals surface area contributed by atoms with Gasteiger partial charge >= 0.3 is 0 Å². The lowest BCUT2D eigenvalue weighted by molar-refractivity contribution is 0.873. The molecule has 6 N–H and O–H groups in total. The Hall–Kier alpha value is -1.64. The van der Waals surface area contributed by atoms with Gasteiger partial charge in [-0.1, -0.05) is 46.2 Å². The van der Waals surface area contributed by atoms with Crippen molar-refractivity contribution in [2.75, 3.05) is 17.3 Å². The SMILES string of the molecule is Nc1nnc(SCc2nnc(CSc3nnc(N)s3)n2N)s1. The average Bonchev–Trinajstić information content (AvgIpc) is 3.17. The van der Waals surface area contributed by atoms with Crippen LogP contribution >= 0.6 is 46.2 Å². The highest BCUT2D eigenvalue weighted by atomic mass is 32.2. The molecule has 0 fully saturated rings. The highest BCUT2D eigenvalue weighted by molar-refractivity contribution is 8.00. The standard InChI is InChI=1S/C8H10N10S4/c9-5-14-16-7(21-5)19-1-3-12-13-4(18(3)11)2-20-8-17-15-6(10)22-8/h1-2,11H2,(H2,9,14)(H2,10,15). The summed E-state index contributed by atoms with van der Waals surface area (Å²) < 4.78 is 3.00. The first-order valence-electron chi connectivity index (χ1n) is 5.73. The fourth-order valence-corrected chi connectivity index (χ4v) is 4.49. The maximum absolute atomic E-state index is 5.99. The third-order valence-corrected chi connectivity index (χ3v) is 6.09. The van der Waals surface area contributed by atoms with Crippen molar-refractivity contribution < 1.29 is 0 Å². The Bertz CT molecular complexity index is 701. The molecule has 0 aliphatic heterocycles. The summed E-state index contributed by atoms with van der Waals surface area (Å²) >= 11 is 5.56. The van der Waals surface area contributed by atoms with Crippen LogP contribution in [0.15, 0.2) is 8.68 Å². The van der Waals surface area contributed by atoms with E-state index in [-0.39, 0.29) is 0 Å². The molecule has 0 saturated heterocycles. The molecule has 0 unspecified atom stereocenters. The Morgan fingerprint density at radius 2 is 1.23 bits per heavy atom. The van der Waals surface area contributed by atoms with Crippen LogP contribution in [0.5, 0.6) is 0 Å². The molecule has 10 nitrogen and oxygen atoms in total. The first-order valence-corrected chi connectivity index (χ1v) is 9.34. The topological polar surface area (TPSA) is 160 Å². The smallest absolute Gasteiger partial charge is 0.203 e. The van der Waals surface area contributed by atoms with Crippen LogP contribution < -0.4 is 17.3 Å². The molecule has 14 heteroatoms. The minimum Gasteiger partial charge on any atom is -0.374 e. The molecule has 0 aliphatic carbocycles. The van der Waals surface area contributed by atoms with E-state index in [1.165, 1.54) is 50.9 Å². The number of hydrogen-bond donors (Lipinski definition) is 3. The van der Waals surface area contributed by atoms with Gasteiger partial charge in [-0.05, 0) is 0 Å². The van der Waals surface area contributed by atoms with E-state index in [9.17, 15) is 0 Å². The Balaban J connectivity index is 1.59. The molecule has 3 aromatic heterocycles. The Kier molecular flexibility index (Phi) is 4.60. The van der Waals surface area contributed by atoms with E-state index in [2.05, 4.69) is 30.6 Å². The van der Waals surface area contributed by atoms with Crippen LogP contribution in [0.2, 0.25) is 0 Å². The van der Waals surface area contributed by atoms with E-state index < -0.39 is 0 Å². The van der Waals surface area contributed by atoms with Gasteiger partial charge in [0.25, 0.3) is 0 Å². The molecule has 0 radical (unpaired) electrons. The largest absolute Gasteiger partial charge is 0.374 e. The minimum absolute atomic E-state index is 0.435. The van der Waals surface area contributed by atoms with Gasteiger partial charge in [0, 0.05) is 0 Å². The highest BCUT2D eigenvalue weighted by Crippen LogP contribution is 2.28. The van der Waals surface area contributed by atoms with Crippen LogP contribution in [0.3, 0.4) is 0 Å². The van der Waals surface area contributed by atoms with Crippen LogP contribution in [0, 0.1) is 0 Å². The van der Waals surface area contributed by atoms with Gasteiger partial charge in [-0.3, -0.25) is 0 Å². The Morgan fingerprint density at radius 3 is 1.59 bits per heavy atom. The van der Waals surface area contributed by atoms with Gasteiger partial charge in [0.2, 0.25) is 10.3 Å². The average molecular weight is 375 g/mol. The molecule has 3 heterocycles. The van der Waals surface area contributed by atoms with Crippen LogP contribution in [-0.4, -0.2) is 35.3 Å². The zero-order valence-electron chi connectivity index (χ0n) is 10.9. The van der Waals surface area contributed by atoms with Crippen molar-refractivity contribution in [1.82, 2.24) is 35.3 Å². The molecule has 0 atom stereocenters. The van der Waals surface area contributed by atoms with Gasteiger partial charge in [-0.2, -0.15) is 0 Å². The number of anilines is 2. The summed E-state index contributed by atoms with van der Waals surface area (Å²) in [7, 11) is 0. The van der Waals surface area contributed by atoms with Crippen molar-refractivity contribution in [3.63, 3.8) is 0 Å². The number of nitrogen functional groups attached to an aromatic ring is 3. The lowest BCUT2D eigenvalue weighted by Crippen LogP contribution is -2.15. The monoisotopic (exact) mass is 374 g/mol. The number of nitrogens with zero attached hydrogens (tertiary/aromatic N) is 7. The molecule has 116 valence electrons. The molecule has 3 rings (SSSR count). The van der Waals surface area contributed by atoms with Crippen LogP contribution in [0.25, 0.3) is 0 Å². The summed E-state index contributed by atoms with van der Waals surface area (Å²) in [6.07, 6.45) is 0. The molecule has 0 amide bonds. The molecule has 0 aliphatic rings. The van der Waals surface area contributed by atoms with Crippen LogP contribution in [-0.2, 0) is 11.5 Å². The maximum atomic E-state index is 5.99. The molecule has 0 bridgehead atoms. The predicted molar refractivity (Wildman–Crippen MR) is 87.9 cm³/mol. The van der Waals surface area contributed by atoms with E-state index in [1.54, 1.807) is 0 Å². The Labute approximate surface area is 140 Å². The highest BCUT2D eigenvalue weighted by Gasteiger charge is 2.13. The number of thioether (sulfide) groups is 2. The van der Waals surface area contributed by atoms with Crippen molar-refractivity contribution in [3.8, 4) is 0 Å². The van der Waals surface area contributed by atoms with E-state index in [4.69, 9.17) is 17.3 Å². The first kappa shape index (κ1) is 15.3. The van der Waals surface area contributed by atoms with Gasteiger partial charge in [0.15, 0.2) is 20.3 Å². The lowest BCUT2D eigenvalue weighted by atomic mass is 10.7. The normalized spacial score (nSPS) is 11.1. The van der Waals surface area contributed by atoms with Crippen molar-refractivity contribution in [2.45, 2.75) is 20.2 Å². The number of aromatic nitrogens is 7. The number of rotatable bonds is 6. The summed E-state index contributed by atoms with van der Waals surface area (Å²) in [5.74, 6) is 8.35. The third kappa shape index (κ3) is 3.57. The number of nitrogens with two attached hydrogens (primary N) is 3. The quantitative estimate of drug-likeness (QED) is 0.405. The van der Waals surface area contributed by atoms with E-state index in [1.807, 2.05) is 0 Å². The molecule has 0 spiro atoms. The maximum Gasteiger partial charge on any atom is 0.203 e. The fourth-order valence-electron chi connectivity index (χ4n) is 1.37. The van der Waals surface area contributed by atoms with Gasteiger partial charge in [0.1, 0.15) is 0 Å². The van der Waals surface area contributed by atoms with Crippen LogP contribution in [0.1, 0.15) is 11.6 Å². The second-order valence-corrected chi connectivity index (χ2v) is 8.26. The molecule has 3 aromatic rings. The lowest BCUT2D eigenvalue weighted by Gasteiger charge is -2.01. The van der Waals surface area contributed by atoms with Gasteiger partial charge in [-0.25, -0.2) is 4.68 Å². The zero-order chi connectivity index (χ0) is 15.5. The summed E-state index contributed by atoms with van der Waals surface area (Å²) in [5.41, 5.74) is 11.1. The van der Waals surface area contributed by atoms with Gasteiger partial charge < -0.3 is 17.3 Å². The zero-order valence-corrected chi connectivity index (χ0v) is 14.2. The van der Waals surface area contributed by atoms with Crippen molar-refractivity contribution in [1.29, 1.82) is 0 Å². The summed E-state index contributed by atoms with van der Waals surface area (Å²) in [4.78, 5) is 0. The van der Waals surface area contributed by atoms with E-state index in [0.29, 0.717) is 33.4 Å². The second kappa shape index (κ2) is 6.64. The van der Waals surface area contributed by atoms with Gasteiger partial charge in [0.05, 0.1) is 11.5 Å². The number of hydrogen-bond acceptors (Lipinski definition) is 13.